The van der Waals surface area contributed by atoms with E-state index < -0.39 is 5.41 Å². The van der Waals surface area contributed by atoms with Gasteiger partial charge in [-0.1, -0.05) is 182 Å². The molecule has 0 atom stereocenters. The lowest BCUT2D eigenvalue weighted by molar-refractivity contribution is 0.769. The molecule has 59 heavy (non-hydrogen) atoms. The monoisotopic (exact) mass is 751 g/mol. The zero-order chi connectivity index (χ0) is 39.2. The predicted molar refractivity (Wildman–Crippen MR) is 242 cm³/mol. The second kappa shape index (κ2) is 14.3. The number of aromatic nitrogens is 3. The van der Waals surface area contributed by atoms with Crippen molar-refractivity contribution in [3.63, 3.8) is 0 Å². The minimum atomic E-state index is -0.620. The van der Waals surface area contributed by atoms with Crippen molar-refractivity contribution in [3.8, 4) is 67.3 Å². The average molecular weight is 752 g/mol. The molecule has 0 bridgehead atoms. The molecule has 276 valence electrons. The molecule has 0 amide bonds. The summed E-state index contributed by atoms with van der Waals surface area (Å²) >= 11 is 0. The first-order valence-corrected chi connectivity index (χ1v) is 20.1. The van der Waals surface area contributed by atoms with E-state index in [2.05, 4.69) is 205 Å². The Morgan fingerprint density at radius 3 is 1.34 bits per heavy atom. The molecule has 1 aliphatic carbocycles. The molecule has 0 fully saturated rings. The van der Waals surface area contributed by atoms with E-state index in [1.807, 2.05) is 24.5 Å². The van der Waals surface area contributed by atoms with Crippen molar-refractivity contribution in [1.29, 1.82) is 0 Å². The van der Waals surface area contributed by atoms with E-state index in [4.69, 9.17) is 9.97 Å². The van der Waals surface area contributed by atoms with E-state index in [1.54, 1.807) is 0 Å². The van der Waals surface area contributed by atoms with Gasteiger partial charge in [0.1, 0.15) is 0 Å². The van der Waals surface area contributed by atoms with Crippen LogP contribution in [0.15, 0.2) is 225 Å². The second-order valence-corrected chi connectivity index (χ2v) is 15.1. The highest BCUT2D eigenvalue weighted by atomic mass is 14.9. The summed E-state index contributed by atoms with van der Waals surface area (Å²) in [7, 11) is 0. The van der Waals surface area contributed by atoms with E-state index in [1.165, 1.54) is 55.3 Å². The molecule has 2 aromatic heterocycles. The number of nitrogens with zero attached hydrogens (tertiary/aromatic N) is 3. The normalized spacial score (nSPS) is 12.5. The van der Waals surface area contributed by atoms with Gasteiger partial charge in [0.25, 0.3) is 0 Å². The zero-order valence-corrected chi connectivity index (χ0v) is 32.2. The highest BCUT2D eigenvalue weighted by molar-refractivity contribution is 6.05. The van der Waals surface area contributed by atoms with Crippen LogP contribution in [0.2, 0.25) is 0 Å². The van der Waals surface area contributed by atoms with Gasteiger partial charge in [-0.3, -0.25) is 4.98 Å². The average Bonchev–Trinajstić information content (AvgIpc) is 3.63. The molecule has 8 aromatic carbocycles. The van der Waals surface area contributed by atoms with Gasteiger partial charge in [0.2, 0.25) is 0 Å². The topological polar surface area (TPSA) is 38.7 Å². The Bertz CT molecular complexity index is 3050. The van der Waals surface area contributed by atoms with Crippen LogP contribution < -0.4 is 0 Å². The summed E-state index contributed by atoms with van der Waals surface area (Å²) in [5.74, 6) is 0.691. The molecule has 0 N–H and O–H groups in total. The third-order valence-corrected chi connectivity index (χ3v) is 11.9. The molecule has 0 saturated carbocycles. The number of benzene rings is 8. The molecule has 0 unspecified atom stereocenters. The van der Waals surface area contributed by atoms with Gasteiger partial charge in [-0.15, -0.1) is 0 Å². The number of pyridine rings is 1. The highest BCUT2D eigenvalue weighted by Crippen LogP contribution is 2.56. The number of hydrogen-bond donors (Lipinski definition) is 0. The van der Waals surface area contributed by atoms with E-state index in [9.17, 15) is 0 Å². The first-order chi connectivity index (χ1) is 29.3. The minimum Gasteiger partial charge on any atom is -0.265 e. The fourth-order valence-electron chi connectivity index (χ4n) is 9.26. The van der Waals surface area contributed by atoms with E-state index in [0.717, 1.165) is 39.2 Å². The van der Waals surface area contributed by atoms with Gasteiger partial charge in [-0.2, -0.15) is 0 Å². The standard InChI is InChI=1S/C56H37N3/c1-3-15-39(16-4-1)53-37-54(40-17-5-2-6-18-40)59-55(58-53)42-20-14-22-44(36-42)56(51-27-11-9-25-49(51)50-26-10-12-28-52(50)56)43-21-13-19-41(35-43)46-30-29-45(38-31-33-57-34-32-38)47-23-7-8-24-48(46)47/h1-37H. The Hall–Kier alpha value is -7.75. The molecular formula is C56H37N3. The molecule has 11 rings (SSSR count). The molecule has 0 radical (unpaired) electrons. The van der Waals surface area contributed by atoms with Crippen molar-refractivity contribution < 1.29 is 0 Å². The SMILES string of the molecule is c1ccc(-c2cc(-c3ccccc3)nc(-c3cccc(C4(c5cccc(-c6ccc(-c7ccncc7)c7ccccc67)c5)c5ccccc5-c5ccccc54)c3)n2)cc1. The Kier molecular flexibility index (Phi) is 8.37. The smallest absolute Gasteiger partial charge is 0.160 e. The molecule has 0 spiro atoms. The highest BCUT2D eigenvalue weighted by Gasteiger charge is 2.46. The minimum absolute atomic E-state index is 0.620. The Morgan fingerprint density at radius 1 is 0.305 bits per heavy atom. The summed E-state index contributed by atoms with van der Waals surface area (Å²) in [6, 6.07) is 76.3. The van der Waals surface area contributed by atoms with Crippen molar-refractivity contribution in [2.75, 3.05) is 0 Å². The van der Waals surface area contributed by atoms with Crippen molar-refractivity contribution in [2.45, 2.75) is 5.41 Å². The molecule has 0 saturated heterocycles. The van der Waals surface area contributed by atoms with Gasteiger partial charge in [-0.25, -0.2) is 9.97 Å². The van der Waals surface area contributed by atoms with Gasteiger partial charge in [0.15, 0.2) is 5.82 Å². The summed E-state index contributed by atoms with van der Waals surface area (Å²) in [6.45, 7) is 0. The molecular weight excluding hydrogens is 715 g/mol. The maximum atomic E-state index is 5.25. The van der Waals surface area contributed by atoms with Gasteiger partial charge in [0.05, 0.1) is 16.8 Å². The lowest BCUT2D eigenvalue weighted by atomic mass is 9.67. The van der Waals surface area contributed by atoms with Crippen LogP contribution in [0.3, 0.4) is 0 Å². The van der Waals surface area contributed by atoms with Crippen LogP contribution in [0, 0.1) is 0 Å². The maximum Gasteiger partial charge on any atom is 0.160 e. The molecule has 2 heterocycles. The van der Waals surface area contributed by atoms with Crippen LogP contribution in [-0.4, -0.2) is 15.0 Å². The largest absolute Gasteiger partial charge is 0.265 e. The fraction of sp³-hybridized carbons (Fsp3) is 0.0179. The first-order valence-electron chi connectivity index (χ1n) is 20.1. The summed E-state index contributed by atoms with van der Waals surface area (Å²) < 4.78 is 0. The Morgan fingerprint density at radius 2 is 0.763 bits per heavy atom. The van der Waals surface area contributed by atoms with Crippen LogP contribution in [0.4, 0.5) is 0 Å². The van der Waals surface area contributed by atoms with E-state index in [-0.39, 0.29) is 0 Å². The third kappa shape index (κ3) is 5.78. The lowest BCUT2D eigenvalue weighted by Crippen LogP contribution is -2.28. The van der Waals surface area contributed by atoms with Crippen LogP contribution in [-0.2, 0) is 5.41 Å². The van der Waals surface area contributed by atoms with Gasteiger partial charge in [0, 0.05) is 29.1 Å². The number of hydrogen-bond acceptors (Lipinski definition) is 3. The van der Waals surface area contributed by atoms with Crippen LogP contribution in [0.5, 0.6) is 0 Å². The molecule has 3 heteroatoms. The second-order valence-electron chi connectivity index (χ2n) is 15.1. The summed E-state index contributed by atoms with van der Waals surface area (Å²) in [6.07, 6.45) is 3.73. The van der Waals surface area contributed by atoms with Crippen LogP contribution in [0.1, 0.15) is 22.3 Å². The Labute approximate surface area is 344 Å². The van der Waals surface area contributed by atoms with Crippen molar-refractivity contribution >= 4 is 10.8 Å². The van der Waals surface area contributed by atoms with Crippen molar-refractivity contribution in [3.05, 3.63) is 247 Å². The molecule has 3 nitrogen and oxygen atoms in total. The van der Waals surface area contributed by atoms with Gasteiger partial charge >= 0.3 is 0 Å². The predicted octanol–water partition coefficient (Wildman–Crippen LogP) is 13.7. The van der Waals surface area contributed by atoms with Gasteiger partial charge < -0.3 is 0 Å². The number of rotatable bonds is 7. The summed E-state index contributed by atoms with van der Waals surface area (Å²) in [5.41, 5.74) is 16.3. The van der Waals surface area contributed by atoms with Gasteiger partial charge in [-0.05, 0) is 96.7 Å². The van der Waals surface area contributed by atoms with Crippen molar-refractivity contribution in [2.24, 2.45) is 0 Å². The van der Waals surface area contributed by atoms with Crippen LogP contribution >= 0.6 is 0 Å². The molecule has 0 aliphatic heterocycles. The maximum absolute atomic E-state index is 5.25. The van der Waals surface area contributed by atoms with E-state index in [0.29, 0.717) is 5.82 Å². The van der Waals surface area contributed by atoms with E-state index >= 15 is 0 Å². The lowest BCUT2D eigenvalue weighted by Gasteiger charge is -2.34. The van der Waals surface area contributed by atoms with Crippen molar-refractivity contribution in [1.82, 2.24) is 15.0 Å². The molecule has 10 aromatic rings. The molecule has 1 aliphatic rings. The number of fused-ring (bicyclic) bond motifs is 4. The summed E-state index contributed by atoms with van der Waals surface area (Å²) in [5, 5.41) is 2.43. The first kappa shape index (κ1) is 34.5. The zero-order valence-electron chi connectivity index (χ0n) is 32.2. The third-order valence-electron chi connectivity index (χ3n) is 11.9. The quantitative estimate of drug-likeness (QED) is 0.163. The summed E-state index contributed by atoms with van der Waals surface area (Å²) in [4.78, 5) is 14.8. The fourth-order valence-corrected chi connectivity index (χ4v) is 9.26. The Balaban J connectivity index is 1.14. The van der Waals surface area contributed by atoms with Crippen LogP contribution in [0.25, 0.3) is 78.1 Å².